The molecule has 0 spiro atoms. The Morgan fingerprint density at radius 1 is 0.865 bits per heavy atom. The molecule has 0 radical (unpaired) electrons. The summed E-state index contributed by atoms with van der Waals surface area (Å²) >= 11 is 6.02. The number of Topliss-reactive ketones (excluding diaryl/α,β-unsaturated/α-hetero) is 1. The van der Waals surface area contributed by atoms with Gasteiger partial charge in [0.05, 0.1) is 23.6 Å². The number of fused-ring (bicyclic) bond motifs is 5. The van der Waals surface area contributed by atoms with Gasteiger partial charge < -0.3 is 9.64 Å². The van der Waals surface area contributed by atoms with Crippen molar-refractivity contribution in [3.63, 3.8) is 0 Å². The van der Waals surface area contributed by atoms with Crippen molar-refractivity contribution in [2.75, 3.05) is 9.80 Å². The summed E-state index contributed by atoms with van der Waals surface area (Å²) in [4.78, 5) is 56.1. The van der Waals surface area contributed by atoms with E-state index in [1.807, 2.05) is 41.3 Å². The van der Waals surface area contributed by atoms with E-state index in [0.717, 1.165) is 11.3 Å². The van der Waals surface area contributed by atoms with Gasteiger partial charge in [0.2, 0.25) is 11.8 Å². The van der Waals surface area contributed by atoms with Gasteiger partial charge >= 0.3 is 5.97 Å². The van der Waals surface area contributed by atoms with Crippen molar-refractivity contribution >= 4 is 52.6 Å². The number of halogens is 1. The normalized spacial score (nSPS) is 23.5. The molecule has 0 unspecified atom stereocenters. The fraction of sp³-hybridized carbons (Fsp3) is 0.172. The lowest BCUT2D eigenvalue weighted by Crippen LogP contribution is -2.48. The molecule has 0 aromatic heterocycles. The molecule has 6 rings (SSSR count). The van der Waals surface area contributed by atoms with Crippen LogP contribution in [-0.4, -0.2) is 35.7 Å². The van der Waals surface area contributed by atoms with Gasteiger partial charge in [0.25, 0.3) is 0 Å². The van der Waals surface area contributed by atoms with Crippen molar-refractivity contribution in [2.45, 2.75) is 19.0 Å². The number of hydrogen-bond donors (Lipinski definition) is 0. The van der Waals surface area contributed by atoms with E-state index in [1.165, 1.54) is 11.8 Å². The molecule has 3 aliphatic heterocycles. The highest BCUT2D eigenvalue weighted by Gasteiger charge is 2.64. The summed E-state index contributed by atoms with van der Waals surface area (Å²) in [5.41, 5.74) is 2.50. The first kappa shape index (κ1) is 23.2. The second-order valence-corrected chi connectivity index (χ2v) is 9.72. The van der Waals surface area contributed by atoms with Crippen molar-refractivity contribution in [3.05, 3.63) is 95.0 Å². The molecule has 184 valence electrons. The molecule has 2 saturated heterocycles. The third-order valence-corrected chi connectivity index (χ3v) is 7.42. The molecule has 7 nitrogen and oxygen atoms in total. The van der Waals surface area contributed by atoms with E-state index < -0.39 is 35.8 Å². The Morgan fingerprint density at radius 3 is 2.24 bits per heavy atom. The summed E-state index contributed by atoms with van der Waals surface area (Å²) in [6.07, 6.45) is 3.85. The molecule has 8 heteroatoms. The second-order valence-electron chi connectivity index (χ2n) is 9.28. The highest BCUT2D eigenvalue weighted by molar-refractivity contribution is 6.31. The number of carbonyl (C=O) groups excluding carboxylic acids is 4. The van der Waals surface area contributed by atoms with Crippen molar-refractivity contribution in [3.8, 4) is 5.75 Å². The maximum Gasteiger partial charge on any atom is 0.308 e. The topological polar surface area (TPSA) is 84.0 Å². The zero-order chi connectivity index (χ0) is 25.8. The average molecular weight is 513 g/mol. The highest BCUT2D eigenvalue weighted by atomic mass is 35.5. The summed E-state index contributed by atoms with van der Waals surface area (Å²) < 4.78 is 5.09. The van der Waals surface area contributed by atoms with Gasteiger partial charge in [-0.05, 0) is 60.2 Å². The van der Waals surface area contributed by atoms with E-state index in [9.17, 15) is 19.2 Å². The third kappa shape index (κ3) is 3.65. The number of amides is 2. The van der Waals surface area contributed by atoms with Gasteiger partial charge in [0, 0.05) is 23.2 Å². The lowest BCUT2D eigenvalue weighted by atomic mass is 9.86. The third-order valence-electron chi connectivity index (χ3n) is 7.17. The SMILES string of the molecule is CC(=O)Oc1ccc(C(=O)[C@H]2[C@@H]3C(=O)N(c4ccc(Cl)cc4)C(=O)[C@@H]3[C@H]3C=Cc4ccccc4N32)cc1. The summed E-state index contributed by atoms with van der Waals surface area (Å²) in [6.45, 7) is 1.30. The van der Waals surface area contributed by atoms with Crippen LogP contribution in [0.5, 0.6) is 5.75 Å². The number of nitrogens with zero attached hydrogens (tertiary/aromatic N) is 2. The van der Waals surface area contributed by atoms with Crippen LogP contribution < -0.4 is 14.5 Å². The van der Waals surface area contributed by atoms with Gasteiger partial charge in [-0.2, -0.15) is 0 Å². The molecule has 4 atom stereocenters. The number of anilines is 2. The molecule has 3 heterocycles. The van der Waals surface area contributed by atoms with Crippen LogP contribution in [0.25, 0.3) is 6.08 Å². The first-order chi connectivity index (χ1) is 17.8. The summed E-state index contributed by atoms with van der Waals surface area (Å²) in [5, 5.41) is 0.492. The molecule has 0 saturated carbocycles. The summed E-state index contributed by atoms with van der Waals surface area (Å²) in [6, 6.07) is 19.0. The maximum atomic E-state index is 14.1. The van der Waals surface area contributed by atoms with Crippen LogP contribution in [0.3, 0.4) is 0 Å². The van der Waals surface area contributed by atoms with Crippen molar-refractivity contribution in [2.24, 2.45) is 11.8 Å². The van der Waals surface area contributed by atoms with Gasteiger partial charge in [-0.3, -0.25) is 19.2 Å². The Bertz CT molecular complexity index is 1480. The molecule has 2 fully saturated rings. The number of para-hydroxylation sites is 1. The molecular weight excluding hydrogens is 492 g/mol. The minimum absolute atomic E-state index is 0.281. The van der Waals surface area contributed by atoms with Crippen LogP contribution in [0, 0.1) is 11.8 Å². The Hall–Kier alpha value is -4.23. The molecule has 2 amide bonds. The Labute approximate surface area is 217 Å². The molecule has 0 N–H and O–H groups in total. The predicted molar refractivity (Wildman–Crippen MR) is 139 cm³/mol. The van der Waals surface area contributed by atoms with Gasteiger partial charge in [0.15, 0.2) is 5.78 Å². The minimum atomic E-state index is -0.894. The first-order valence-electron chi connectivity index (χ1n) is 11.9. The van der Waals surface area contributed by atoms with Crippen molar-refractivity contribution in [1.29, 1.82) is 0 Å². The standard InChI is InChI=1S/C29H21ClN2O5/c1-16(33)37-21-13-6-18(7-14-21)27(34)26-25-24(23-15-8-17-4-2-3-5-22(17)32(23)26)28(35)31(29(25)36)20-11-9-19(30)10-12-20/h2-15,23-26H,1H3/t23-,24-,25-,26-/m1/s1. The fourth-order valence-corrected chi connectivity index (χ4v) is 5.81. The number of rotatable bonds is 4. The van der Waals surface area contributed by atoms with E-state index in [2.05, 4.69) is 0 Å². The number of esters is 1. The van der Waals surface area contributed by atoms with Crippen molar-refractivity contribution in [1.82, 2.24) is 0 Å². The molecular formula is C29H21ClN2O5. The van der Waals surface area contributed by atoms with Crippen LogP contribution in [0.2, 0.25) is 5.02 Å². The Kier molecular flexibility index (Phi) is 5.46. The molecule has 37 heavy (non-hydrogen) atoms. The van der Waals surface area contributed by atoms with Gasteiger partial charge in [-0.25, -0.2) is 4.90 Å². The van der Waals surface area contributed by atoms with Gasteiger partial charge in [-0.1, -0.05) is 42.0 Å². The predicted octanol–water partition coefficient (Wildman–Crippen LogP) is 4.54. The zero-order valence-electron chi connectivity index (χ0n) is 19.7. The zero-order valence-corrected chi connectivity index (χ0v) is 20.5. The van der Waals surface area contributed by atoms with Crippen molar-refractivity contribution < 1.29 is 23.9 Å². The number of hydrogen-bond acceptors (Lipinski definition) is 6. The largest absolute Gasteiger partial charge is 0.427 e. The smallest absolute Gasteiger partial charge is 0.308 e. The Morgan fingerprint density at radius 2 is 1.54 bits per heavy atom. The lowest BCUT2D eigenvalue weighted by molar-refractivity contribution is -0.132. The van der Waals surface area contributed by atoms with Gasteiger partial charge in [-0.15, -0.1) is 0 Å². The van der Waals surface area contributed by atoms with E-state index in [4.69, 9.17) is 16.3 Å². The van der Waals surface area contributed by atoms with E-state index in [1.54, 1.807) is 48.5 Å². The number of imide groups is 1. The summed E-state index contributed by atoms with van der Waals surface area (Å²) in [5.74, 6) is -2.76. The second kappa shape index (κ2) is 8.71. The van der Waals surface area contributed by atoms with E-state index in [0.29, 0.717) is 22.0 Å². The van der Waals surface area contributed by atoms with Crippen LogP contribution in [0.15, 0.2) is 78.9 Å². The number of ether oxygens (including phenoxy) is 1. The maximum absolute atomic E-state index is 14.1. The van der Waals surface area contributed by atoms with E-state index in [-0.39, 0.29) is 11.7 Å². The minimum Gasteiger partial charge on any atom is -0.427 e. The monoisotopic (exact) mass is 512 g/mol. The number of benzene rings is 3. The molecule has 0 bridgehead atoms. The lowest BCUT2D eigenvalue weighted by Gasteiger charge is -2.36. The summed E-state index contributed by atoms with van der Waals surface area (Å²) in [7, 11) is 0. The van der Waals surface area contributed by atoms with Crippen LogP contribution in [0.4, 0.5) is 11.4 Å². The molecule has 3 aromatic carbocycles. The average Bonchev–Trinajstić information content (AvgIpc) is 3.37. The first-order valence-corrected chi connectivity index (χ1v) is 12.2. The Balaban J connectivity index is 1.44. The molecule has 3 aromatic rings. The number of carbonyl (C=O) groups is 4. The number of ketones is 1. The van der Waals surface area contributed by atoms with Crippen LogP contribution >= 0.6 is 11.6 Å². The highest BCUT2D eigenvalue weighted by Crippen LogP contribution is 2.49. The quantitative estimate of drug-likeness (QED) is 0.221. The van der Waals surface area contributed by atoms with E-state index >= 15 is 0 Å². The molecule has 0 aliphatic carbocycles. The molecule has 3 aliphatic rings. The van der Waals surface area contributed by atoms with Crippen LogP contribution in [0.1, 0.15) is 22.8 Å². The fourth-order valence-electron chi connectivity index (χ4n) is 5.68. The van der Waals surface area contributed by atoms with Gasteiger partial charge in [0.1, 0.15) is 11.8 Å². The van der Waals surface area contributed by atoms with Crippen LogP contribution in [-0.2, 0) is 14.4 Å².